The van der Waals surface area contributed by atoms with Crippen LogP contribution in [0.25, 0.3) is 11.5 Å². The Labute approximate surface area is 155 Å². The molecule has 0 saturated carbocycles. The molecule has 1 saturated heterocycles. The number of halogens is 1. The summed E-state index contributed by atoms with van der Waals surface area (Å²) in [6, 6.07) is 12.4. The number of aromatic nitrogens is 2. The highest BCUT2D eigenvalue weighted by Gasteiger charge is 2.24. The lowest BCUT2D eigenvalue weighted by Crippen LogP contribution is -2.45. The second-order valence-corrected chi connectivity index (χ2v) is 7.04. The quantitative estimate of drug-likeness (QED) is 0.726. The first-order valence-electron chi connectivity index (χ1n) is 8.34. The number of nitrogens with one attached hydrogen (secondary N) is 1. The molecule has 3 aromatic rings. The Morgan fingerprint density at radius 1 is 1.24 bits per heavy atom. The van der Waals surface area contributed by atoms with Gasteiger partial charge in [-0.3, -0.25) is 9.88 Å². The first-order valence-corrected chi connectivity index (χ1v) is 9.14. The fourth-order valence-electron chi connectivity index (χ4n) is 3.15. The van der Waals surface area contributed by atoms with Crippen molar-refractivity contribution < 1.29 is 4.42 Å². The van der Waals surface area contributed by atoms with E-state index in [0.717, 1.165) is 41.9 Å². The van der Waals surface area contributed by atoms with Gasteiger partial charge in [0.25, 0.3) is 0 Å². The van der Waals surface area contributed by atoms with Gasteiger partial charge in [-0.25, -0.2) is 4.98 Å². The molecule has 0 bridgehead atoms. The molecule has 0 spiro atoms. The summed E-state index contributed by atoms with van der Waals surface area (Å²) >= 11 is 3.45. The van der Waals surface area contributed by atoms with E-state index in [9.17, 15) is 0 Å². The normalized spacial score (nSPS) is 18.4. The molecule has 0 amide bonds. The molecule has 0 aliphatic carbocycles. The predicted molar refractivity (Wildman–Crippen MR) is 99.9 cm³/mol. The molecule has 1 fully saturated rings. The third-order valence-electron chi connectivity index (χ3n) is 4.43. The summed E-state index contributed by atoms with van der Waals surface area (Å²) < 4.78 is 6.74. The van der Waals surface area contributed by atoms with E-state index in [1.54, 1.807) is 6.26 Å². The zero-order valence-electron chi connectivity index (χ0n) is 13.7. The van der Waals surface area contributed by atoms with Crippen LogP contribution in [-0.4, -0.2) is 34.5 Å². The van der Waals surface area contributed by atoms with Crippen LogP contribution in [0.2, 0.25) is 0 Å². The zero-order chi connectivity index (χ0) is 17.1. The average molecular weight is 399 g/mol. The van der Waals surface area contributed by atoms with Crippen LogP contribution in [0.3, 0.4) is 0 Å². The van der Waals surface area contributed by atoms with Crippen molar-refractivity contribution in [2.45, 2.75) is 12.6 Å². The summed E-state index contributed by atoms with van der Waals surface area (Å²) in [6.45, 7) is 3.64. The van der Waals surface area contributed by atoms with Crippen molar-refractivity contribution in [3.63, 3.8) is 0 Å². The maximum Gasteiger partial charge on any atom is 0.226 e. The Hall–Kier alpha value is -2.02. The summed E-state index contributed by atoms with van der Waals surface area (Å²) in [6.07, 6.45) is 5.52. The Morgan fingerprint density at radius 2 is 2.12 bits per heavy atom. The minimum atomic E-state index is 0.301. The van der Waals surface area contributed by atoms with Crippen LogP contribution in [0, 0.1) is 0 Å². The summed E-state index contributed by atoms with van der Waals surface area (Å²) in [4.78, 5) is 11.4. The van der Waals surface area contributed by atoms with E-state index in [-0.39, 0.29) is 0 Å². The molecule has 1 atom stereocenters. The van der Waals surface area contributed by atoms with E-state index in [1.807, 2.05) is 42.7 Å². The lowest BCUT2D eigenvalue weighted by atomic mass is 10.1. The van der Waals surface area contributed by atoms with Crippen LogP contribution in [0.4, 0.5) is 0 Å². The number of hydrogen-bond acceptors (Lipinski definition) is 5. The van der Waals surface area contributed by atoms with Gasteiger partial charge < -0.3 is 9.73 Å². The van der Waals surface area contributed by atoms with Gasteiger partial charge in [0.05, 0.1) is 5.69 Å². The second-order valence-electron chi connectivity index (χ2n) is 6.13. The molecular formula is C19H19BrN4O. The molecule has 0 radical (unpaired) electrons. The van der Waals surface area contributed by atoms with Gasteiger partial charge in [-0.05, 0) is 35.9 Å². The molecular weight excluding hydrogens is 380 g/mol. The molecule has 1 aliphatic rings. The fraction of sp³-hybridized carbons (Fsp3) is 0.263. The number of nitrogens with zero attached hydrogens (tertiary/aromatic N) is 3. The van der Waals surface area contributed by atoms with Gasteiger partial charge in [0, 0.05) is 54.7 Å². The largest absolute Gasteiger partial charge is 0.444 e. The van der Waals surface area contributed by atoms with Crippen LogP contribution < -0.4 is 5.32 Å². The topological polar surface area (TPSA) is 54.2 Å². The monoisotopic (exact) mass is 398 g/mol. The van der Waals surface area contributed by atoms with Crippen LogP contribution in [0.1, 0.15) is 17.3 Å². The van der Waals surface area contributed by atoms with Crippen molar-refractivity contribution in [1.29, 1.82) is 0 Å². The van der Waals surface area contributed by atoms with Crippen molar-refractivity contribution in [1.82, 2.24) is 20.2 Å². The number of benzene rings is 1. The first kappa shape index (κ1) is 16.4. The highest BCUT2D eigenvalue weighted by Crippen LogP contribution is 2.25. The van der Waals surface area contributed by atoms with Gasteiger partial charge in [0.15, 0.2) is 0 Å². The molecule has 4 rings (SSSR count). The lowest BCUT2D eigenvalue weighted by Gasteiger charge is -2.35. The van der Waals surface area contributed by atoms with Gasteiger partial charge >= 0.3 is 0 Å². The molecule has 5 nitrogen and oxygen atoms in total. The zero-order valence-corrected chi connectivity index (χ0v) is 15.3. The number of hydrogen-bond donors (Lipinski definition) is 1. The van der Waals surface area contributed by atoms with Gasteiger partial charge in [0.2, 0.25) is 5.89 Å². The third kappa shape index (κ3) is 3.81. The predicted octanol–water partition coefficient (Wildman–Crippen LogP) is 3.65. The highest BCUT2D eigenvalue weighted by atomic mass is 79.9. The van der Waals surface area contributed by atoms with Crippen LogP contribution in [0.15, 0.2) is 63.9 Å². The lowest BCUT2D eigenvalue weighted by molar-refractivity contribution is 0.151. The van der Waals surface area contributed by atoms with E-state index in [0.29, 0.717) is 11.9 Å². The van der Waals surface area contributed by atoms with E-state index in [1.165, 1.54) is 5.56 Å². The maximum absolute atomic E-state index is 5.69. The summed E-state index contributed by atoms with van der Waals surface area (Å²) in [5, 5.41) is 3.47. The van der Waals surface area contributed by atoms with Crippen molar-refractivity contribution in [3.05, 3.63) is 70.8 Å². The van der Waals surface area contributed by atoms with Gasteiger partial charge in [-0.1, -0.05) is 22.0 Å². The van der Waals surface area contributed by atoms with Crippen LogP contribution in [-0.2, 0) is 6.54 Å². The first-order chi connectivity index (χ1) is 12.3. The van der Waals surface area contributed by atoms with E-state index < -0.39 is 0 Å². The van der Waals surface area contributed by atoms with Crippen molar-refractivity contribution in [2.24, 2.45) is 0 Å². The molecule has 128 valence electrons. The van der Waals surface area contributed by atoms with E-state index in [2.05, 4.69) is 42.2 Å². The van der Waals surface area contributed by atoms with Gasteiger partial charge in [0.1, 0.15) is 6.26 Å². The summed E-state index contributed by atoms with van der Waals surface area (Å²) in [7, 11) is 0. The Morgan fingerprint density at radius 3 is 2.92 bits per heavy atom. The second kappa shape index (κ2) is 7.47. The standard InChI is InChI=1S/C19H19BrN4O/c20-16-5-3-14(4-6-16)19-23-17(13-25-19)12-24-9-8-22-11-18(24)15-2-1-7-21-10-15/h1-7,10,13,18,22H,8-9,11-12H2. The molecule has 6 heteroatoms. The smallest absolute Gasteiger partial charge is 0.226 e. The number of piperazine rings is 1. The molecule has 3 heterocycles. The van der Waals surface area contributed by atoms with Crippen LogP contribution in [0.5, 0.6) is 0 Å². The molecule has 1 unspecified atom stereocenters. The Bertz CT molecular complexity index is 819. The van der Waals surface area contributed by atoms with E-state index >= 15 is 0 Å². The Balaban J connectivity index is 1.51. The minimum Gasteiger partial charge on any atom is -0.444 e. The SMILES string of the molecule is Brc1ccc(-c2nc(CN3CCNCC3c3cccnc3)co2)cc1. The molecule has 1 aliphatic heterocycles. The third-order valence-corrected chi connectivity index (χ3v) is 4.96. The average Bonchev–Trinajstić information content (AvgIpc) is 3.12. The maximum atomic E-state index is 5.69. The number of rotatable bonds is 4. The van der Waals surface area contributed by atoms with Crippen molar-refractivity contribution in [2.75, 3.05) is 19.6 Å². The Kier molecular flexibility index (Phi) is 4.92. The van der Waals surface area contributed by atoms with Gasteiger partial charge in [-0.2, -0.15) is 0 Å². The minimum absolute atomic E-state index is 0.301. The number of oxazole rings is 1. The van der Waals surface area contributed by atoms with Gasteiger partial charge in [-0.15, -0.1) is 0 Å². The summed E-state index contributed by atoms with van der Waals surface area (Å²) in [5.74, 6) is 0.663. The molecule has 1 aromatic carbocycles. The number of pyridine rings is 1. The fourth-order valence-corrected chi connectivity index (χ4v) is 3.41. The van der Waals surface area contributed by atoms with Crippen LogP contribution >= 0.6 is 15.9 Å². The van der Waals surface area contributed by atoms with E-state index in [4.69, 9.17) is 4.42 Å². The molecule has 25 heavy (non-hydrogen) atoms. The van der Waals surface area contributed by atoms with Crippen molar-refractivity contribution in [3.8, 4) is 11.5 Å². The summed E-state index contributed by atoms with van der Waals surface area (Å²) in [5.41, 5.74) is 3.17. The van der Waals surface area contributed by atoms with Crippen molar-refractivity contribution >= 4 is 15.9 Å². The molecule has 1 N–H and O–H groups in total. The molecule has 2 aromatic heterocycles. The highest BCUT2D eigenvalue weighted by molar-refractivity contribution is 9.10.